The summed E-state index contributed by atoms with van der Waals surface area (Å²) in [4.78, 5) is 59.0. The van der Waals surface area contributed by atoms with E-state index in [0.29, 0.717) is 34.6 Å². The average molecular weight is 1150 g/mol. The largest absolute Gasteiger partial charge is 0.478 e. The number of carbonyl (C=O) groups excluding carboxylic acids is 2. The lowest BCUT2D eigenvalue weighted by molar-refractivity contribution is 0.0692. The van der Waals surface area contributed by atoms with E-state index in [0.717, 1.165) is 100 Å². The van der Waals surface area contributed by atoms with E-state index in [1.165, 1.54) is 116 Å². The molecule has 0 aliphatic rings. The molecule has 0 saturated carbocycles. The number of rotatable bonds is 30. The number of carboxylic acid groups (broad SMARTS) is 2. The van der Waals surface area contributed by atoms with Crippen LogP contribution in [0.15, 0.2) is 121 Å². The first-order valence-corrected chi connectivity index (χ1v) is 32.3. The zero-order valence-corrected chi connectivity index (χ0v) is 50.9. The molecule has 10 heteroatoms. The number of amides is 2. The second-order valence-electron chi connectivity index (χ2n) is 24.2. The Bertz CT molecular complexity index is 4170. The highest BCUT2D eigenvalue weighted by atomic mass is 16.4. The lowest BCUT2D eigenvalue weighted by Gasteiger charge is -2.23. The van der Waals surface area contributed by atoms with Crippen LogP contribution >= 0.6 is 0 Å². The van der Waals surface area contributed by atoms with Crippen molar-refractivity contribution in [3.8, 4) is 0 Å². The Labute approximate surface area is 505 Å². The van der Waals surface area contributed by atoms with Crippen molar-refractivity contribution in [2.45, 2.75) is 169 Å². The highest BCUT2D eigenvalue weighted by molar-refractivity contribution is 6.41. The Hall–Kier alpha value is -8.24. The first-order valence-electron chi connectivity index (χ1n) is 32.3. The van der Waals surface area contributed by atoms with Crippen molar-refractivity contribution >= 4 is 110 Å². The molecule has 2 amide bonds. The highest BCUT2D eigenvalue weighted by Gasteiger charge is 2.34. The van der Waals surface area contributed by atoms with Gasteiger partial charge < -0.3 is 30.0 Å². The van der Waals surface area contributed by atoms with Crippen molar-refractivity contribution < 1.29 is 29.4 Å². The normalized spacial score (nSPS) is 12.0. The smallest absolute Gasteiger partial charge is 0.337 e. The summed E-state index contributed by atoms with van der Waals surface area (Å²) < 4.78 is 4.49. The number of unbranched alkanes of at least 4 members (excludes halogenated alkanes) is 12. The van der Waals surface area contributed by atoms with Gasteiger partial charge in [0.05, 0.1) is 22.3 Å². The molecule has 0 spiro atoms. The van der Waals surface area contributed by atoms with E-state index in [-0.39, 0.29) is 35.2 Å². The summed E-state index contributed by atoms with van der Waals surface area (Å²) in [6, 6.07) is 41.8. The minimum absolute atomic E-state index is 0.0850. The van der Waals surface area contributed by atoms with Crippen LogP contribution in [0.3, 0.4) is 0 Å². The molecule has 0 unspecified atom stereocenters. The molecule has 4 N–H and O–H groups in total. The molecule has 10 nitrogen and oxygen atoms in total. The van der Waals surface area contributed by atoms with Crippen molar-refractivity contribution in [3.05, 3.63) is 166 Å². The fourth-order valence-electron chi connectivity index (χ4n) is 14.0. The molecule has 9 aromatic carbocycles. The molecule has 2 aromatic heterocycles. The van der Waals surface area contributed by atoms with Gasteiger partial charge in [-0.05, 0) is 161 Å². The van der Waals surface area contributed by atoms with Crippen LogP contribution in [0.25, 0.3) is 86.7 Å². The lowest BCUT2D eigenvalue weighted by Crippen LogP contribution is -2.34. The second-order valence-corrected chi connectivity index (χ2v) is 24.2. The zero-order valence-electron chi connectivity index (χ0n) is 50.9. The molecule has 0 bridgehead atoms. The summed E-state index contributed by atoms with van der Waals surface area (Å²) in [6.07, 6.45) is 22.9. The first kappa shape index (κ1) is 59.5. The van der Waals surface area contributed by atoms with Crippen LogP contribution in [-0.2, 0) is 38.8 Å². The zero-order chi connectivity index (χ0) is 59.8. The van der Waals surface area contributed by atoms with Crippen LogP contribution in [0.2, 0.25) is 0 Å². The predicted molar refractivity (Wildman–Crippen MR) is 357 cm³/mol. The van der Waals surface area contributed by atoms with Crippen LogP contribution < -0.4 is 10.6 Å². The Morgan fingerprint density at radius 2 is 0.756 bits per heavy atom. The van der Waals surface area contributed by atoms with Crippen LogP contribution in [0.5, 0.6) is 0 Å². The minimum atomic E-state index is -1.51. The maximum Gasteiger partial charge on any atom is 0.337 e. The molecule has 0 fully saturated rings. The summed E-state index contributed by atoms with van der Waals surface area (Å²) >= 11 is 0. The quantitative estimate of drug-likeness (QED) is 0.0201. The van der Waals surface area contributed by atoms with Gasteiger partial charge in [0.15, 0.2) is 0 Å². The van der Waals surface area contributed by atoms with Crippen LogP contribution in [0.1, 0.15) is 194 Å². The molecule has 0 radical (unpaired) electrons. The van der Waals surface area contributed by atoms with Gasteiger partial charge in [-0.2, -0.15) is 0 Å². The fourth-order valence-corrected chi connectivity index (χ4v) is 14.0. The van der Waals surface area contributed by atoms with Crippen molar-refractivity contribution in [2.75, 3.05) is 13.1 Å². The fraction of sp³-hybridized carbons (Fsp3) is 0.368. The summed E-state index contributed by atoms with van der Waals surface area (Å²) in [5, 5.41) is 37.7. The standard InChI is InChI=1S/C76H84N4O6/c1-5-9-13-17-23-49-31-37-62-58(45-49)59-46-50(24-18-14-10-6-2)32-38-63(59)79(62)43-41-77-73(81)70-68-56-30-22-28-53-27-21-29-54(66(53)56)55-35-36-57(75(83)84)69(67(55)68)72(76(85)86)71(70)74(82)78-42-44-80-64-39-33-51(25-19-15-11-7-3)47-60(64)61-48-52(34-40-65(61)80)26-20-16-12-8-4/h21-22,27-40,45-48H,5-20,23-26,41-44H2,1-4H3,(H,77,81)(H,78,82)(H,83,84)(H,85,86). The summed E-state index contributed by atoms with van der Waals surface area (Å²) in [7, 11) is 0. The molecular formula is C76H84N4O6. The van der Waals surface area contributed by atoms with E-state index in [1.807, 2.05) is 36.4 Å². The molecule has 0 aliphatic carbocycles. The Balaban J connectivity index is 0.999. The molecule has 2 heterocycles. The van der Waals surface area contributed by atoms with Crippen molar-refractivity contribution in [3.63, 3.8) is 0 Å². The number of hydrogen-bond acceptors (Lipinski definition) is 4. The Morgan fingerprint density at radius 1 is 0.360 bits per heavy atom. The van der Waals surface area contributed by atoms with E-state index in [9.17, 15) is 19.8 Å². The summed E-state index contributed by atoms with van der Waals surface area (Å²) in [5.74, 6) is -4.25. The van der Waals surface area contributed by atoms with Gasteiger partial charge in [0.1, 0.15) is 0 Å². The third-order valence-electron chi connectivity index (χ3n) is 18.3. The first-order chi connectivity index (χ1) is 42.0. The Morgan fingerprint density at radius 3 is 1.15 bits per heavy atom. The number of hydrogen-bond donors (Lipinski definition) is 4. The number of aromatic carboxylic acids is 2. The molecular weight excluding hydrogens is 1060 g/mol. The van der Waals surface area contributed by atoms with E-state index in [1.54, 1.807) is 6.07 Å². The van der Waals surface area contributed by atoms with E-state index in [2.05, 4.69) is 120 Å². The number of aromatic nitrogens is 2. The topological polar surface area (TPSA) is 143 Å². The van der Waals surface area contributed by atoms with Crippen molar-refractivity contribution in [1.82, 2.24) is 19.8 Å². The van der Waals surface area contributed by atoms with Crippen molar-refractivity contribution in [2.24, 2.45) is 0 Å². The van der Waals surface area contributed by atoms with Gasteiger partial charge in [-0.25, -0.2) is 9.59 Å². The number of carboxylic acids is 2. The third-order valence-corrected chi connectivity index (χ3v) is 18.3. The number of benzene rings is 9. The monoisotopic (exact) mass is 1150 g/mol. The number of aryl methyl sites for hydroxylation is 4. The highest BCUT2D eigenvalue weighted by Crippen LogP contribution is 2.46. The summed E-state index contributed by atoms with van der Waals surface area (Å²) in [5.41, 5.74) is 8.14. The maximum atomic E-state index is 15.8. The van der Waals surface area contributed by atoms with Gasteiger partial charge in [-0.15, -0.1) is 0 Å². The van der Waals surface area contributed by atoms with Crippen LogP contribution in [0, 0.1) is 0 Å². The molecule has 444 valence electrons. The SMILES string of the molecule is CCCCCCc1ccc2c(c1)c1cc(CCCCCC)ccc1n2CCNC(=O)c1c(C(=O)O)c2c(C(=O)O)ccc3c4cccc5cccc(c(c1C(=O)NCCn1c6ccc(CCCCCC)cc6c6cc(CCCCCC)ccc61)c23)c54. The van der Waals surface area contributed by atoms with Gasteiger partial charge in [0.25, 0.3) is 11.8 Å². The summed E-state index contributed by atoms with van der Waals surface area (Å²) in [6.45, 7) is 9.90. The Kier molecular flexibility index (Phi) is 18.7. The van der Waals surface area contributed by atoms with Crippen LogP contribution in [-0.4, -0.2) is 56.2 Å². The number of nitrogens with zero attached hydrogens (tertiary/aromatic N) is 2. The second kappa shape index (κ2) is 27.0. The van der Waals surface area contributed by atoms with Gasteiger partial charge in [0, 0.05) is 80.6 Å². The molecule has 11 rings (SSSR count). The molecule has 0 saturated heterocycles. The number of nitrogens with one attached hydrogen (secondary N) is 2. The number of fused-ring (bicyclic) bond motifs is 8. The van der Waals surface area contributed by atoms with E-state index < -0.39 is 29.3 Å². The van der Waals surface area contributed by atoms with Gasteiger partial charge in [-0.3, -0.25) is 9.59 Å². The van der Waals surface area contributed by atoms with Gasteiger partial charge >= 0.3 is 11.9 Å². The molecule has 86 heavy (non-hydrogen) atoms. The van der Waals surface area contributed by atoms with E-state index in [4.69, 9.17) is 0 Å². The van der Waals surface area contributed by atoms with E-state index >= 15 is 9.59 Å². The predicted octanol–water partition coefficient (Wildman–Crippen LogP) is 18.7. The molecule has 0 aliphatic heterocycles. The number of carbonyl (C=O) groups is 4. The van der Waals surface area contributed by atoms with Gasteiger partial charge in [-0.1, -0.05) is 171 Å². The minimum Gasteiger partial charge on any atom is -0.478 e. The third kappa shape index (κ3) is 11.9. The molecule has 11 aromatic rings. The van der Waals surface area contributed by atoms with Gasteiger partial charge in [0.2, 0.25) is 0 Å². The van der Waals surface area contributed by atoms with Crippen LogP contribution in [0.4, 0.5) is 0 Å². The average Bonchev–Trinajstić information content (AvgIpc) is 0.961. The van der Waals surface area contributed by atoms with Crippen molar-refractivity contribution in [1.29, 1.82) is 0 Å². The maximum absolute atomic E-state index is 15.8. The lowest BCUT2D eigenvalue weighted by atomic mass is 9.81. The molecule has 0 atom stereocenters.